The van der Waals surface area contributed by atoms with E-state index in [9.17, 15) is 4.79 Å². The summed E-state index contributed by atoms with van der Waals surface area (Å²) in [6.07, 6.45) is 8.86. The van der Waals surface area contributed by atoms with Crippen molar-refractivity contribution < 1.29 is 16.2 Å². The molecule has 2 aromatic rings. The second kappa shape index (κ2) is 24.4. The molecule has 1 fully saturated rings. The van der Waals surface area contributed by atoms with Gasteiger partial charge in [0.05, 0.1) is 0 Å². The second-order valence-corrected chi connectivity index (χ2v) is 8.61. The third-order valence-corrected chi connectivity index (χ3v) is 5.25. The van der Waals surface area contributed by atoms with Crippen molar-refractivity contribution in [3.05, 3.63) is 86.8 Å². The number of aryl methyl sites for hydroxylation is 2. The number of nitroso groups, excluding NO2 is 1. The Bertz CT molecular complexity index is 2050. The van der Waals surface area contributed by atoms with Crippen molar-refractivity contribution in [2.24, 2.45) is 0 Å². The minimum Gasteiger partial charge on any atom is -0.308 e. The minimum absolute atomic E-state index is 0. The number of nitrogens with one attached hydrogen (secondary N) is 2. The highest BCUT2D eigenvalue weighted by molar-refractivity contribution is 6.14. The number of ketones is 1. The highest BCUT2D eigenvalue weighted by Gasteiger charge is 2.19. The predicted octanol–water partition coefficient (Wildman–Crippen LogP) is 6.91. The van der Waals surface area contributed by atoms with Crippen LogP contribution in [0.3, 0.4) is 0 Å². The van der Waals surface area contributed by atoms with Gasteiger partial charge < -0.3 is 5.32 Å². The van der Waals surface area contributed by atoms with Gasteiger partial charge >= 0.3 is 0 Å². The highest BCUT2D eigenvalue weighted by atomic mass is 16.2. The lowest BCUT2D eigenvalue weighted by Gasteiger charge is -2.18. The Balaban J connectivity index is -0.000000110. The lowest BCUT2D eigenvalue weighted by Crippen LogP contribution is -2.32. The van der Waals surface area contributed by atoms with Gasteiger partial charge in [-0.2, -0.15) is 4.91 Å². The summed E-state index contributed by atoms with van der Waals surface area (Å²) in [6, 6.07) is 16.5. The van der Waals surface area contributed by atoms with Crippen LogP contribution in [0.1, 0.15) is 40.6 Å². The summed E-state index contributed by atoms with van der Waals surface area (Å²) in [5.41, 5.74) is 10.7. The summed E-state index contributed by atoms with van der Waals surface area (Å²) in [5, 5.41) is 3.32. The predicted molar refractivity (Wildman–Crippen MR) is 204 cm³/mol. The van der Waals surface area contributed by atoms with E-state index >= 15 is 0 Å². The molecule has 0 spiro atoms. The molecule has 0 unspecified atom stereocenters. The molecule has 2 aromatic carbocycles. The number of carbonyl (C=O) groups is 1. The maximum atomic E-state index is 12.7. The minimum atomic E-state index is 0. The van der Waals surface area contributed by atoms with E-state index in [0.717, 1.165) is 22.3 Å². The molecule has 4 nitrogen and oxygen atoms in total. The summed E-state index contributed by atoms with van der Waals surface area (Å²) >= 11 is 0. The van der Waals surface area contributed by atoms with Crippen molar-refractivity contribution in [2.45, 2.75) is 20.8 Å². The molecule has 232 valence electrons. The van der Waals surface area contributed by atoms with Crippen LogP contribution in [0, 0.1) is 143 Å². The smallest absolute Gasteiger partial charge is 0.187 e. The van der Waals surface area contributed by atoms with Crippen molar-refractivity contribution in [1.82, 2.24) is 5.32 Å². The lowest BCUT2D eigenvalue weighted by molar-refractivity contribution is -0.112. The van der Waals surface area contributed by atoms with Crippen molar-refractivity contribution >= 4 is 17.9 Å². The largest absolute Gasteiger partial charge is 0.308 e. The molecule has 1 aliphatic rings. The van der Waals surface area contributed by atoms with Gasteiger partial charge in [-0.1, -0.05) is 71.2 Å². The first-order valence-corrected chi connectivity index (χ1v) is 13.4. The molecule has 4 heteroatoms. The van der Waals surface area contributed by atoms with Crippen molar-refractivity contribution in [3.63, 3.8) is 0 Å². The second-order valence-electron chi connectivity index (χ2n) is 8.61. The van der Waals surface area contributed by atoms with Crippen molar-refractivity contribution in [2.75, 3.05) is 13.1 Å². The summed E-state index contributed by atoms with van der Waals surface area (Å²) in [6.45, 7) is 7.07. The Kier molecular flexibility index (Phi) is 19.5. The molecular formula is C42H42N2O2. The first-order chi connectivity index (χ1) is 22.5. The molecule has 0 aliphatic carbocycles. The Morgan fingerprint density at radius 1 is 0.587 bits per heavy atom. The number of rotatable bonds is 2. The van der Waals surface area contributed by atoms with Gasteiger partial charge in [-0.3, -0.25) is 4.79 Å². The van der Waals surface area contributed by atoms with Gasteiger partial charge in [0.15, 0.2) is 5.78 Å². The van der Waals surface area contributed by atoms with Crippen LogP contribution in [-0.4, -0.2) is 18.9 Å². The van der Waals surface area contributed by atoms with Crippen LogP contribution in [0.2, 0.25) is 0 Å². The van der Waals surface area contributed by atoms with E-state index in [2.05, 4.69) is 162 Å². The maximum Gasteiger partial charge on any atom is 0.187 e. The van der Waals surface area contributed by atoms with Gasteiger partial charge in [-0.15, -0.1) is 6.42 Å². The molecule has 0 bridgehead atoms. The SMILES string of the molecule is C#CC#CC#CC#CC#CC#CC#CC#CC#CC#CC.Cc1ccc(/C=C2\CNC/C(=C\c3ccc(C)cc3)C2=O)cc1.N=O.[HH].[HH].[HH].[HH].[HH].[HH].[HH].[HH]. The van der Waals surface area contributed by atoms with Gasteiger partial charge in [-0.05, 0) is 139 Å². The number of hydrogen-bond donors (Lipinski definition) is 2. The molecule has 0 aromatic heterocycles. The van der Waals surface area contributed by atoms with Crippen LogP contribution in [0.4, 0.5) is 0 Å². The average molecular weight is 607 g/mol. The Hall–Kier alpha value is -7.25. The summed E-state index contributed by atoms with van der Waals surface area (Å²) < 4.78 is 0. The fraction of sp³-hybridized carbons (Fsp3) is 0.119. The van der Waals surface area contributed by atoms with Gasteiger partial charge in [0.2, 0.25) is 0 Å². The molecule has 0 saturated carbocycles. The fourth-order valence-electron chi connectivity index (χ4n) is 3.23. The third-order valence-electron chi connectivity index (χ3n) is 5.25. The quantitative estimate of drug-likeness (QED) is 0.222. The van der Waals surface area contributed by atoms with E-state index in [1.807, 2.05) is 36.4 Å². The Morgan fingerprint density at radius 2 is 0.891 bits per heavy atom. The standard InChI is InChI=1S/C21H21NO.C21H4.HNO.8H2/c1-15-3-7-17(8-4-15)11-19-13-22-14-20(21(19)23)12-18-9-5-16(2)6-10-18;1-3-5-7-9-11-13-15-17-19-21-20-18-16-14-12-10-8-6-4-2;1-2;;;;;;;;/h3-12,22H,13-14H2,1-2H3;1H,2H3;1H;8*1H/b19-11+,20-12+;;;;;;;;;;. The molecule has 1 heterocycles. The van der Waals surface area contributed by atoms with Crippen LogP contribution in [-0.2, 0) is 4.79 Å². The van der Waals surface area contributed by atoms with Gasteiger partial charge in [0.25, 0.3) is 0 Å². The normalized spacial score (nSPS) is 11.1. The van der Waals surface area contributed by atoms with Crippen LogP contribution < -0.4 is 5.32 Å². The average Bonchev–Trinajstić information content (AvgIpc) is 3.07. The van der Waals surface area contributed by atoms with Crippen LogP contribution in [0.5, 0.6) is 0 Å². The van der Waals surface area contributed by atoms with E-state index in [4.69, 9.17) is 11.3 Å². The third kappa shape index (κ3) is 16.9. The zero-order valence-corrected chi connectivity index (χ0v) is 25.6. The van der Waals surface area contributed by atoms with E-state index in [1.54, 1.807) is 6.92 Å². The summed E-state index contributed by atoms with van der Waals surface area (Å²) in [7, 11) is 0. The van der Waals surface area contributed by atoms with E-state index in [-0.39, 0.29) is 17.2 Å². The van der Waals surface area contributed by atoms with E-state index in [0.29, 0.717) is 13.1 Å². The summed E-state index contributed by atoms with van der Waals surface area (Å²) in [4.78, 5) is 20.2. The number of benzene rings is 2. The molecule has 0 amide bonds. The van der Waals surface area contributed by atoms with Gasteiger partial charge in [-0.25, -0.2) is 0 Å². The van der Waals surface area contributed by atoms with Gasteiger partial charge in [0, 0.05) is 47.5 Å². The number of Topliss-reactive ketones (excluding diaryl/α,β-unsaturated/α-hetero) is 1. The van der Waals surface area contributed by atoms with Crippen LogP contribution in [0.25, 0.3) is 12.2 Å². The Labute approximate surface area is 284 Å². The number of terminal acetylenes is 1. The van der Waals surface area contributed by atoms with Crippen LogP contribution in [0.15, 0.2) is 59.7 Å². The topological polar surface area (TPSA) is 70.0 Å². The molecular weight excluding hydrogens is 564 g/mol. The molecule has 2 N–H and O–H groups in total. The first kappa shape index (κ1) is 36.8. The first-order valence-electron chi connectivity index (χ1n) is 13.4. The molecule has 0 radical (unpaired) electrons. The molecule has 3 rings (SSSR count). The zero-order valence-electron chi connectivity index (χ0n) is 25.6. The van der Waals surface area contributed by atoms with Crippen molar-refractivity contribution in [3.8, 4) is 119 Å². The monoisotopic (exact) mass is 606 g/mol. The molecule has 1 saturated heterocycles. The van der Waals surface area contributed by atoms with Gasteiger partial charge in [0.1, 0.15) is 0 Å². The maximum absolute atomic E-state index is 12.7. The van der Waals surface area contributed by atoms with Crippen LogP contribution >= 0.6 is 0 Å². The molecule has 0 atom stereocenters. The zero-order chi connectivity index (χ0) is 33.7. The Morgan fingerprint density at radius 3 is 1.20 bits per heavy atom. The molecule has 46 heavy (non-hydrogen) atoms. The number of piperidine rings is 1. The fourth-order valence-corrected chi connectivity index (χ4v) is 3.23. The lowest BCUT2D eigenvalue weighted by atomic mass is 9.95. The molecule has 1 aliphatic heterocycles. The highest BCUT2D eigenvalue weighted by Crippen LogP contribution is 2.18. The summed E-state index contributed by atoms with van der Waals surface area (Å²) in [5.74, 6) is 47.0. The number of carbonyl (C=O) groups excluding carboxylic acids is 1. The van der Waals surface area contributed by atoms with E-state index < -0.39 is 0 Å². The number of hydrogen-bond acceptors (Lipinski definition) is 4. The van der Waals surface area contributed by atoms with Crippen molar-refractivity contribution in [1.29, 1.82) is 5.59 Å². The van der Waals surface area contributed by atoms with E-state index in [1.165, 1.54) is 11.1 Å².